The number of nitro groups is 1. The summed E-state index contributed by atoms with van der Waals surface area (Å²) in [5, 5.41) is 31.2. The highest BCUT2D eigenvalue weighted by molar-refractivity contribution is 8.15. The molecule has 11 nitrogen and oxygen atoms in total. The molecule has 0 aliphatic carbocycles. The van der Waals surface area contributed by atoms with Gasteiger partial charge in [0.1, 0.15) is 5.25 Å². The lowest BCUT2D eigenvalue weighted by atomic mass is 10.2. The van der Waals surface area contributed by atoms with Crippen LogP contribution < -0.4 is 5.32 Å². The van der Waals surface area contributed by atoms with Gasteiger partial charge in [0.05, 0.1) is 10.4 Å². The van der Waals surface area contributed by atoms with Gasteiger partial charge in [0.25, 0.3) is 11.6 Å². The monoisotopic (exact) mass is 438 g/mol. The molecule has 0 bridgehead atoms. The van der Waals surface area contributed by atoms with E-state index in [4.69, 9.17) is 0 Å². The zero-order valence-electron chi connectivity index (χ0n) is 15.7. The molecular formula is C19H14N6O5S. The number of amidine groups is 1. The fraction of sp³-hybridized carbons (Fsp3) is 0.105. The van der Waals surface area contributed by atoms with Gasteiger partial charge in [-0.05, 0) is 18.2 Å². The Balaban J connectivity index is 1.38. The number of carbonyl (C=O) groups excluding carboxylic acids is 2. The van der Waals surface area contributed by atoms with E-state index in [1.807, 2.05) is 0 Å². The van der Waals surface area contributed by atoms with E-state index < -0.39 is 22.0 Å². The van der Waals surface area contributed by atoms with Gasteiger partial charge in [-0.1, -0.05) is 30.0 Å². The zero-order valence-corrected chi connectivity index (χ0v) is 16.5. The van der Waals surface area contributed by atoms with Crippen molar-refractivity contribution in [3.05, 3.63) is 58.6 Å². The number of nitrogens with one attached hydrogen (secondary N) is 2. The number of non-ortho nitro benzene ring substituents is 1. The van der Waals surface area contributed by atoms with Crippen LogP contribution in [0.1, 0.15) is 6.42 Å². The van der Waals surface area contributed by atoms with Crippen LogP contribution in [-0.4, -0.2) is 37.2 Å². The molecule has 1 aliphatic rings. The maximum Gasteiger partial charge on any atom is 0.269 e. The van der Waals surface area contributed by atoms with E-state index in [1.54, 1.807) is 24.3 Å². The molecule has 3 N–H and O–H groups in total. The number of hydrogen-bond donors (Lipinski definition) is 3. The van der Waals surface area contributed by atoms with Crippen LogP contribution in [0, 0.1) is 10.1 Å². The van der Waals surface area contributed by atoms with Gasteiger partial charge in [-0.15, -0.1) is 10.2 Å². The zero-order chi connectivity index (χ0) is 22.0. The standard InChI is InChI=1S/C19H14N6O5S/c26-15(20-10-5-7-11(8-6-10)25(29)30)9-14-17(27)22-19(31-14)24-23-16-12-3-1-2-4-13(12)21-18(16)28/h1-8,14,21,28H,9H2,(H,20,26). The lowest BCUT2D eigenvalue weighted by Gasteiger charge is -2.07. The summed E-state index contributed by atoms with van der Waals surface area (Å²) < 4.78 is 0. The first kappa shape index (κ1) is 20.2. The molecular weight excluding hydrogens is 424 g/mol. The summed E-state index contributed by atoms with van der Waals surface area (Å²) in [5.74, 6) is -1.11. The number of amides is 2. The third-order valence-electron chi connectivity index (χ3n) is 4.36. The second-order valence-corrected chi connectivity index (χ2v) is 7.63. The topological polar surface area (TPSA) is 162 Å². The number of carbonyl (C=O) groups is 2. The van der Waals surface area contributed by atoms with Crippen LogP contribution in [0.3, 0.4) is 0 Å². The molecule has 3 aromatic rings. The van der Waals surface area contributed by atoms with Gasteiger partial charge in [0.2, 0.25) is 17.0 Å². The second kappa shape index (κ2) is 8.36. The lowest BCUT2D eigenvalue weighted by Crippen LogP contribution is -2.21. The van der Waals surface area contributed by atoms with E-state index >= 15 is 0 Å². The number of nitro benzene ring substituents is 1. The Kier molecular flexibility index (Phi) is 5.45. The minimum atomic E-state index is -0.761. The number of para-hydroxylation sites is 1. The number of benzene rings is 2. The Labute approximate surface area is 178 Å². The van der Waals surface area contributed by atoms with Gasteiger partial charge in [0, 0.05) is 29.6 Å². The van der Waals surface area contributed by atoms with E-state index in [0.717, 1.165) is 11.8 Å². The minimum Gasteiger partial charge on any atom is -0.493 e. The quantitative estimate of drug-likeness (QED) is 0.311. The third kappa shape index (κ3) is 4.43. The molecule has 0 fully saturated rings. The summed E-state index contributed by atoms with van der Waals surface area (Å²) in [4.78, 5) is 41.1. The molecule has 12 heteroatoms. The van der Waals surface area contributed by atoms with Gasteiger partial charge in [-0.25, -0.2) is 0 Å². The minimum absolute atomic E-state index is 0.0859. The Bertz CT molecular complexity index is 1250. The third-order valence-corrected chi connectivity index (χ3v) is 5.39. The molecule has 156 valence electrons. The predicted molar refractivity (Wildman–Crippen MR) is 115 cm³/mol. The van der Waals surface area contributed by atoms with Gasteiger partial charge < -0.3 is 15.4 Å². The molecule has 31 heavy (non-hydrogen) atoms. The number of thioether (sulfide) groups is 1. The van der Waals surface area contributed by atoms with E-state index in [1.165, 1.54) is 24.3 Å². The number of aromatic amines is 1. The number of hydrogen-bond acceptors (Lipinski definition) is 8. The Morgan fingerprint density at radius 1 is 1.23 bits per heavy atom. The lowest BCUT2D eigenvalue weighted by molar-refractivity contribution is -0.384. The van der Waals surface area contributed by atoms with Crippen molar-refractivity contribution < 1.29 is 19.6 Å². The number of rotatable bonds is 5. The van der Waals surface area contributed by atoms with Gasteiger partial charge >= 0.3 is 0 Å². The van der Waals surface area contributed by atoms with Crippen LogP contribution in [0.25, 0.3) is 10.9 Å². The normalized spacial score (nSPS) is 16.1. The Morgan fingerprint density at radius 3 is 2.71 bits per heavy atom. The van der Waals surface area contributed by atoms with Crippen molar-refractivity contribution in [3.8, 4) is 5.88 Å². The summed E-state index contributed by atoms with van der Waals surface area (Å²) >= 11 is 0.995. The average Bonchev–Trinajstić information content (AvgIpc) is 3.25. The van der Waals surface area contributed by atoms with Crippen LogP contribution in [-0.2, 0) is 9.59 Å². The van der Waals surface area contributed by atoms with E-state index in [-0.39, 0.29) is 28.8 Å². The number of aliphatic imine (C=N–C) groups is 1. The average molecular weight is 438 g/mol. The maximum absolute atomic E-state index is 12.2. The molecule has 1 atom stereocenters. The first-order valence-corrected chi connectivity index (χ1v) is 9.83. The number of azo groups is 1. The van der Waals surface area contributed by atoms with Crippen molar-refractivity contribution in [1.82, 2.24) is 4.98 Å². The first-order valence-electron chi connectivity index (χ1n) is 8.95. The largest absolute Gasteiger partial charge is 0.493 e. The predicted octanol–water partition coefficient (Wildman–Crippen LogP) is 3.89. The molecule has 0 radical (unpaired) electrons. The van der Waals surface area contributed by atoms with Crippen molar-refractivity contribution in [2.24, 2.45) is 15.2 Å². The van der Waals surface area contributed by atoms with E-state index in [0.29, 0.717) is 16.6 Å². The van der Waals surface area contributed by atoms with E-state index in [2.05, 4.69) is 25.5 Å². The van der Waals surface area contributed by atoms with E-state index in [9.17, 15) is 24.8 Å². The molecule has 2 amide bonds. The van der Waals surface area contributed by atoms with Crippen molar-refractivity contribution >= 4 is 56.7 Å². The fourth-order valence-corrected chi connectivity index (χ4v) is 3.77. The van der Waals surface area contributed by atoms with Crippen molar-refractivity contribution in [3.63, 3.8) is 0 Å². The molecule has 1 aliphatic heterocycles. The molecule has 4 rings (SSSR count). The number of nitrogens with zero attached hydrogens (tertiary/aromatic N) is 4. The SMILES string of the molecule is O=C(CC1SC(N=Nc2c(O)[nH]c3ccccc23)=NC1=O)Nc1ccc([N+](=O)[O-])cc1. The summed E-state index contributed by atoms with van der Waals surface area (Å²) in [7, 11) is 0. The molecule has 2 heterocycles. The molecule has 2 aromatic carbocycles. The summed E-state index contributed by atoms with van der Waals surface area (Å²) in [6.07, 6.45) is -0.151. The van der Waals surface area contributed by atoms with Crippen LogP contribution in [0.4, 0.5) is 17.1 Å². The van der Waals surface area contributed by atoms with Gasteiger partial charge in [0.15, 0.2) is 5.69 Å². The van der Waals surface area contributed by atoms with Gasteiger partial charge in [-0.2, -0.15) is 4.99 Å². The van der Waals surface area contributed by atoms with Crippen LogP contribution in [0.2, 0.25) is 0 Å². The van der Waals surface area contributed by atoms with Gasteiger partial charge in [-0.3, -0.25) is 19.7 Å². The van der Waals surface area contributed by atoms with Crippen molar-refractivity contribution in [1.29, 1.82) is 0 Å². The smallest absolute Gasteiger partial charge is 0.269 e. The fourth-order valence-electron chi connectivity index (χ4n) is 2.90. The molecule has 0 saturated carbocycles. The molecule has 1 unspecified atom stereocenters. The molecule has 0 saturated heterocycles. The summed E-state index contributed by atoms with van der Waals surface area (Å²) in [6, 6.07) is 12.5. The number of fused-ring (bicyclic) bond motifs is 1. The highest BCUT2D eigenvalue weighted by Gasteiger charge is 2.31. The maximum atomic E-state index is 12.2. The summed E-state index contributed by atoms with van der Waals surface area (Å²) in [5.41, 5.74) is 1.20. The Hall–Kier alpha value is -4.06. The van der Waals surface area contributed by atoms with Crippen LogP contribution >= 0.6 is 11.8 Å². The van der Waals surface area contributed by atoms with Crippen LogP contribution in [0.15, 0.2) is 63.8 Å². The number of anilines is 1. The van der Waals surface area contributed by atoms with Crippen molar-refractivity contribution in [2.75, 3.05) is 5.32 Å². The number of aromatic hydroxyl groups is 1. The molecule has 0 spiro atoms. The number of aromatic nitrogens is 1. The highest BCUT2D eigenvalue weighted by Crippen LogP contribution is 2.36. The summed E-state index contributed by atoms with van der Waals surface area (Å²) in [6.45, 7) is 0. The second-order valence-electron chi connectivity index (χ2n) is 6.46. The van der Waals surface area contributed by atoms with Crippen LogP contribution in [0.5, 0.6) is 5.88 Å². The Morgan fingerprint density at radius 2 is 1.97 bits per heavy atom. The molecule has 1 aromatic heterocycles. The number of H-pyrrole nitrogens is 1. The van der Waals surface area contributed by atoms with Crippen molar-refractivity contribution in [2.45, 2.75) is 11.7 Å². The highest BCUT2D eigenvalue weighted by atomic mass is 32.2. The first-order chi connectivity index (χ1) is 14.9.